The molecule has 5 nitrogen and oxygen atoms in total. The molecule has 4 rings (SSSR count). The molecule has 2 atom stereocenters. The molecule has 126 valence electrons. The van der Waals surface area contributed by atoms with Crippen molar-refractivity contribution in [3.63, 3.8) is 0 Å². The Balaban J connectivity index is 1.35. The normalized spacial score (nSPS) is 24.2. The third kappa shape index (κ3) is 2.83. The van der Waals surface area contributed by atoms with Crippen LogP contribution in [0, 0.1) is 12.8 Å². The van der Waals surface area contributed by atoms with E-state index in [1.54, 1.807) is 6.33 Å². The van der Waals surface area contributed by atoms with Crippen LogP contribution in [-0.4, -0.2) is 38.7 Å². The minimum Gasteiger partial charge on any atom is -0.342 e. The van der Waals surface area contributed by atoms with Crippen LogP contribution in [0.3, 0.4) is 0 Å². The summed E-state index contributed by atoms with van der Waals surface area (Å²) < 4.78 is 2.00. The number of amides is 1. The number of aryl methyl sites for hydroxylation is 2. The highest BCUT2D eigenvalue weighted by molar-refractivity contribution is 5.83. The summed E-state index contributed by atoms with van der Waals surface area (Å²) in [5, 5.41) is 8.20. The molecule has 2 heterocycles. The second-order valence-corrected chi connectivity index (χ2v) is 7.26. The zero-order valence-corrected chi connectivity index (χ0v) is 14.4. The SMILES string of the molecule is Cc1cccc(C2CC2C(=O)N2CCC(c3nncn3C)CC2)c1. The Morgan fingerprint density at radius 1 is 1.25 bits per heavy atom. The van der Waals surface area contributed by atoms with E-state index in [1.807, 2.05) is 11.6 Å². The fourth-order valence-corrected chi connectivity index (χ4v) is 3.99. The maximum absolute atomic E-state index is 12.8. The van der Waals surface area contributed by atoms with E-state index in [0.717, 1.165) is 38.2 Å². The van der Waals surface area contributed by atoms with Gasteiger partial charge in [0.2, 0.25) is 5.91 Å². The van der Waals surface area contributed by atoms with Crippen LogP contribution in [0.25, 0.3) is 0 Å². The first kappa shape index (κ1) is 15.4. The molecule has 0 bridgehead atoms. The number of benzene rings is 1. The van der Waals surface area contributed by atoms with Gasteiger partial charge in [-0.2, -0.15) is 0 Å². The topological polar surface area (TPSA) is 51.0 Å². The van der Waals surface area contributed by atoms with Crippen LogP contribution in [0.15, 0.2) is 30.6 Å². The summed E-state index contributed by atoms with van der Waals surface area (Å²) in [5.41, 5.74) is 2.59. The van der Waals surface area contributed by atoms with E-state index in [2.05, 4.69) is 46.3 Å². The lowest BCUT2D eigenvalue weighted by Crippen LogP contribution is -2.39. The van der Waals surface area contributed by atoms with Gasteiger partial charge in [0.05, 0.1) is 0 Å². The highest BCUT2D eigenvalue weighted by Gasteiger charge is 2.46. The molecular formula is C19H24N4O. The number of hydrogen-bond donors (Lipinski definition) is 0. The lowest BCUT2D eigenvalue weighted by atomic mass is 9.95. The quantitative estimate of drug-likeness (QED) is 0.872. The average Bonchev–Trinajstić information content (AvgIpc) is 3.29. The number of carbonyl (C=O) groups excluding carboxylic acids is 1. The first-order valence-corrected chi connectivity index (χ1v) is 8.82. The van der Waals surface area contributed by atoms with Gasteiger partial charge in [-0.3, -0.25) is 4.79 Å². The average molecular weight is 324 g/mol. The molecule has 0 radical (unpaired) electrons. The van der Waals surface area contributed by atoms with Gasteiger partial charge < -0.3 is 9.47 Å². The Bertz CT molecular complexity index is 745. The molecule has 24 heavy (non-hydrogen) atoms. The largest absolute Gasteiger partial charge is 0.342 e. The summed E-state index contributed by atoms with van der Waals surface area (Å²) in [6.07, 6.45) is 4.73. The van der Waals surface area contributed by atoms with Gasteiger partial charge >= 0.3 is 0 Å². The van der Waals surface area contributed by atoms with Gasteiger partial charge in [0.1, 0.15) is 12.2 Å². The molecule has 2 unspecified atom stereocenters. The van der Waals surface area contributed by atoms with Crippen LogP contribution in [0.5, 0.6) is 0 Å². The van der Waals surface area contributed by atoms with E-state index >= 15 is 0 Å². The van der Waals surface area contributed by atoms with Crippen LogP contribution in [0.1, 0.15) is 48.0 Å². The number of carbonyl (C=O) groups is 1. The molecule has 0 N–H and O–H groups in total. The Kier molecular flexibility index (Phi) is 3.87. The van der Waals surface area contributed by atoms with Crippen molar-refractivity contribution in [2.75, 3.05) is 13.1 Å². The highest BCUT2D eigenvalue weighted by atomic mass is 16.2. The molecule has 2 fully saturated rings. The van der Waals surface area contributed by atoms with Crippen molar-refractivity contribution < 1.29 is 4.79 Å². The molecule has 5 heteroatoms. The molecule has 2 aliphatic rings. The Morgan fingerprint density at radius 3 is 2.71 bits per heavy atom. The van der Waals surface area contributed by atoms with Crippen molar-refractivity contribution in [1.29, 1.82) is 0 Å². The van der Waals surface area contributed by atoms with Crippen LogP contribution in [0.2, 0.25) is 0 Å². The molecular weight excluding hydrogens is 300 g/mol. The minimum atomic E-state index is 0.193. The first-order chi connectivity index (χ1) is 11.6. The van der Waals surface area contributed by atoms with Gasteiger partial charge in [-0.1, -0.05) is 29.8 Å². The van der Waals surface area contributed by atoms with Crippen LogP contribution in [-0.2, 0) is 11.8 Å². The van der Waals surface area contributed by atoms with E-state index in [0.29, 0.717) is 17.7 Å². The summed E-state index contributed by atoms with van der Waals surface area (Å²) in [7, 11) is 1.99. The zero-order chi connectivity index (χ0) is 16.7. The summed E-state index contributed by atoms with van der Waals surface area (Å²) >= 11 is 0. The molecule has 1 aromatic carbocycles. The Labute approximate surface area is 142 Å². The van der Waals surface area contributed by atoms with Crippen molar-refractivity contribution in [2.24, 2.45) is 13.0 Å². The van der Waals surface area contributed by atoms with Gasteiger partial charge in [-0.15, -0.1) is 10.2 Å². The number of aromatic nitrogens is 3. The maximum Gasteiger partial charge on any atom is 0.226 e. The van der Waals surface area contributed by atoms with Gasteiger partial charge in [0.25, 0.3) is 0 Å². The summed E-state index contributed by atoms with van der Waals surface area (Å²) in [5.74, 6) is 2.43. The number of nitrogens with zero attached hydrogens (tertiary/aromatic N) is 4. The van der Waals surface area contributed by atoms with Crippen LogP contribution < -0.4 is 0 Å². The van der Waals surface area contributed by atoms with E-state index < -0.39 is 0 Å². The summed E-state index contributed by atoms with van der Waals surface area (Å²) in [6.45, 7) is 3.79. The molecule has 2 aromatic rings. The minimum absolute atomic E-state index is 0.193. The van der Waals surface area contributed by atoms with Crippen LogP contribution >= 0.6 is 0 Å². The lowest BCUT2D eigenvalue weighted by Gasteiger charge is -2.31. The predicted octanol–water partition coefficient (Wildman–Crippen LogP) is 2.63. The molecule has 1 amide bonds. The first-order valence-electron chi connectivity index (χ1n) is 8.82. The van der Waals surface area contributed by atoms with E-state index in [-0.39, 0.29) is 5.92 Å². The maximum atomic E-state index is 12.8. The molecule has 1 aromatic heterocycles. The highest BCUT2D eigenvalue weighted by Crippen LogP contribution is 2.49. The van der Waals surface area contributed by atoms with Gasteiger partial charge in [0, 0.05) is 32.0 Å². The monoisotopic (exact) mass is 324 g/mol. The number of hydrogen-bond acceptors (Lipinski definition) is 3. The number of piperidine rings is 1. The Morgan fingerprint density at radius 2 is 2.04 bits per heavy atom. The fourth-order valence-electron chi connectivity index (χ4n) is 3.99. The summed E-state index contributed by atoms with van der Waals surface area (Å²) in [6, 6.07) is 8.58. The third-order valence-electron chi connectivity index (χ3n) is 5.50. The zero-order valence-electron chi connectivity index (χ0n) is 14.4. The van der Waals surface area contributed by atoms with E-state index in [9.17, 15) is 4.79 Å². The Hall–Kier alpha value is -2.17. The van der Waals surface area contributed by atoms with E-state index in [1.165, 1.54) is 11.1 Å². The fraction of sp³-hybridized carbons (Fsp3) is 0.526. The standard InChI is InChI=1S/C19H24N4O/c1-13-4-3-5-15(10-13)16-11-17(16)19(24)23-8-6-14(7-9-23)18-21-20-12-22(18)2/h3-5,10,12,14,16-17H,6-9,11H2,1-2H3. The third-order valence-corrected chi connectivity index (χ3v) is 5.50. The van der Waals surface area contributed by atoms with Crippen molar-refractivity contribution in [2.45, 2.75) is 38.0 Å². The second-order valence-electron chi connectivity index (χ2n) is 7.26. The van der Waals surface area contributed by atoms with Gasteiger partial charge in [0.15, 0.2) is 0 Å². The smallest absolute Gasteiger partial charge is 0.226 e. The predicted molar refractivity (Wildman–Crippen MR) is 91.6 cm³/mol. The molecule has 1 aliphatic carbocycles. The van der Waals surface area contributed by atoms with Gasteiger partial charge in [-0.25, -0.2) is 0 Å². The second kappa shape index (κ2) is 6.04. The van der Waals surface area contributed by atoms with Crippen molar-refractivity contribution >= 4 is 5.91 Å². The van der Waals surface area contributed by atoms with Crippen molar-refractivity contribution in [3.05, 3.63) is 47.5 Å². The lowest BCUT2D eigenvalue weighted by molar-refractivity contribution is -0.133. The van der Waals surface area contributed by atoms with Gasteiger partial charge in [-0.05, 0) is 37.7 Å². The van der Waals surface area contributed by atoms with E-state index in [4.69, 9.17) is 0 Å². The van der Waals surface area contributed by atoms with Crippen LogP contribution in [0.4, 0.5) is 0 Å². The molecule has 0 spiro atoms. The number of rotatable bonds is 3. The summed E-state index contributed by atoms with van der Waals surface area (Å²) in [4.78, 5) is 14.8. The molecule has 1 saturated heterocycles. The van der Waals surface area contributed by atoms with Crippen molar-refractivity contribution in [3.8, 4) is 0 Å². The molecule has 1 aliphatic heterocycles. The molecule has 1 saturated carbocycles. The van der Waals surface area contributed by atoms with Crippen molar-refractivity contribution in [1.82, 2.24) is 19.7 Å². The number of likely N-dealkylation sites (tertiary alicyclic amines) is 1.